The van der Waals surface area contributed by atoms with Crippen molar-refractivity contribution in [2.24, 2.45) is 0 Å². The van der Waals surface area contributed by atoms with Gasteiger partial charge in [-0.15, -0.1) is 11.3 Å². The predicted octanol–water partition coefficient (Wildman–Crippen LogP) is 3.26. The van der Waals surface area contributed by atoms with E-state index >= 15 is 0 Å². The molecular formula is C14H16N4S. The number of fused-ring (bicyclic) bond motifs is 1. The van der Waals surface area contributed by atoms with E-state index in [1.807, 2.05) is 17.8 Å². The van der Waals surface area contributed by atoms with Crippen molar-refractivity contribution >= 4 is 22.2 Å². The van der Waals surface area contributed by atoms with E-state index in [1.165, 1.54) is 5.56 Å². The Bertz CT molecular complexity index is 644. The summed E-state index contributed by atoms with van der Waals surface area (Å²) in [5, 5.41) is 14.9. The van der Waals surface area contributed by atoms with Gasteiger partial charge in [0.25, 0.3) is 0 Å². The van der Waals surface area contributed by atoms with Crippen molar-refractivity contribution in [3.05, 3.63) is 46.5 Å². The van der Waals surface area contributed by atoms with E-state index in [1.54, 1.807) is 11.3 Å². The standard InChI is InChI=1S/C14H16N4S/c1-2-12(14-15-5-6-19-14)16-8-10-3-4-11-9-17-18-13(11)7-10/h3-7,9,12,16H,2,8H2,1H3,(H,17,18). The Kier molecular flexibility index (Phi) is 3.57. The van der Waals surface area contributed by atoms with Crippen molar-refractivity contribution in [1.82, 2.24) is 20.5 Å². The van der Waals surface area contributed by atoms with Crippen molar-refractivity contribution in [2.75, 3.05) is 0 Å². The fraction of sp³-hybridized carbons (Fsp3) is 0.286. The Balaban J connectivity index is 1.70. The molecule has 4 nitrogen and oxygen atoms in total. The summed E-state index contributed by atoms with van der Waals surface area (Å²) in [7, 11) is 0. The molecule has 2 aromatic heterocycles. The van der Waals surface area contributed by atoms with Crippen LogP contribution in [0.3, 0.4) is 0 Å². The number of rotatable bonds is 5. The molecule has 5 heteroatoms. The first-order valence-corrected chi connectivity index (χ1v) is 7.29. The average molecular weight is 272 g/mol. The fourth-order valence-electron chi connectivity index (χ4n) is 2.15. The molecular weight excluding hydrogens is 256 g/mol. The highest BCUT2D eigenvalue weighted by Gasteiger charge is 2.11. The minimum absolute atomic E-state index is 0.331. The molecule has 98 valence electrons. The van der Waals surface area contributed by atoms with Gasteiger partial charge in [-0.1, -0.05) is 19.1 Å². The SMILES string of the molecule is CCC(NCc1ccc2cn[nH]c2c1)c1nccs1. The lowest BCUT2D eigenvalue weighted by Gasteiger charge is -2.14. The molecule has 1 atom stereocenters. The van der Waals surface area contributed by atoms with Gasteiger partial charge in [-0.25, -0.2) is 4.98 Å². The molecule has 3 rings (SSSR count). The molecule has 0 aliphatic rings. The number of benzene rings is 1. The van der Waals surface area contributed by atoms with Crippen LogP contribution in [0.15, 0.2) is 36.0 Å². The number of H-pyrrole nitrogens is 1. The lowest BCUT2D eigenvalue weighted by molar-refractivity contribution is 0.517. The summed E-state index contributed by atoms with van der Waals surface area (Å²) in [4.78, 5) is 4.38. The third-order valence-electron chi connectivity index (χ3n) is 3.22. The number of aromatic amines is 1. The molecule has 2 heterocycles. The first kappa shape index (κ1) is 12.3. The van der Waals surface area contributed by atoms with Gasteiger partial charge in [0.05, 0.1) is 17.8 Å². The van der Waals surface area contributed by atoms with Crippen molar-refractivity contribution in [1.29, 1.82) is 0 Å². The molecule has 19 heavy (non-hydrogen) atoms. The number of aromatic nitrogens is 3. The zero-order valence-corrected chi connectivity index (χ0v) is 11.6. The molecule has 0 saturated heterocycles. The maximum Gasteiger partial charge on any atom is 0.109 e. The van der Waals surface area contributed by atoms with E-state index in [-0.39, 0.29) is 0 Å². The number of thiazole rings is 1. The topological polar surface area (TPSA) is 53.6 Å². The molecule has 0 saturated carbocycles. The molecule has 0 aliphatic heterocycles. The van der Waals surface area contributed by atoms with Gasteiger partial charge < -0.3 is 5.32 Å². The third-order valence-corrected chi connectivity index (χ3v) is 4.11. The summed E-state index contributed by atoms with van der Waals surface area (Å²) in [6.45, 7) is 3.02. The van der Waals surface area contributed by atoms with Crippen LogP contribution in [0.2, 0.25) is 0 Å². The van der Waals surface area contributed by atoms with Crippen LogP contribution in [0.5, 0.6) is 0 Å². The molecule has 0 bridgehead atoms. The minimum atomic E-state index is 0.331. The van der Waals surface area contributed by atoms with Gasteiger partial charge in [-0.05, 0) is 18.1 Å². The molecule has 1 aromatic carbocycles. The minimum Gasteiger partial charge on any atom is -0.304 e. The maximum absolute atomic E-state index is 4.38. The lowest BCUT2D eigenvalue weighted by atomic mass is 10.1. The second-order valence-corrected chi connectivity index (χ2v) is 5.43. The summed E-state index contributed by atoms with van der Waals surface area (Å²) in [5.74, 6) is 0. The molecule has 0 amide bonds. The third kappa shape index (κ3) is 2.67. The first-order valence-electron chi connectivity index (χ1n) is 6.41. The highest BCUT2D eigenvalue weighted by molar-refractivity contribution is 7.09. The fourth-order valence-corrected chi connectivity index (χ4v) is 2.95. The molecule has 0 radical (unpaired) electrons. The molecule has 0 aliphatic carbocycles. The predicted molar refractivity (Wildman–Crippen MR) is 78.1 cm³/mol. The van der Waals surface area contributed by atoms with Gasteiger partial charge in [0, 0.05) is 23.5 Å². The highest BCUT2D eigenvalue weighted by Crippen LogP contribution is 2.20. The van der Waals surface area contributed by atoms with Crippen LogP contribution in [-0.4, -0.2) is 15.2 Å². The average Bonchev–Trinajstić information content (AvgIpc) is 3.10. The van der Waals surface area contributed by atoms with Crippen LogP contribution in [0, 0.1) is 0 Å². The monoisotopic (exact) mass is 272 g/mol. The van der Waals surface area contributed by atoms with Gasteiger partial charge in [-0.2, -0.15) is 5.10 Å². The normalized spacial score (nSPS) is 12.9. The van der Waals surface area contributed by atoms with E-state index < -0.39 is 0 Å². The van der Waals surface area contributed by atoms with E-state index in [2.05, 4.69) is 45.6 Å². The number of hydrogen-bond donors (Lipinski definition) is 2. The Labute approximate surface area is 115 Å². The zero-order valence-electron chi connectivity index (χ0n) is 10.8. The number of nitrogens with zero attached hydrogens (tertiary/aromatic N) is 2. The van der Waals surface area contributed by atoms with Crippen molar-refractivity contribution in [2.45, 2.75) is 25.9 Å². The lowest BCUT2D eigenvalue weighted by Crippen LogP contribution is -2.20. The maximum atomic E-state index is 4.38. The largest absolute Gasteiger partial charge is 0.304 e. The van der Waals surface area contributed by atoms with Crippen LogP contribution in [0.4, 0.5) is 0 Å². The summed E-state index contributed by atoms with van der Waals surface area (Å²) < 4.78 is 0. The van der Waals surface area contributed by atoms with E-state index in [4.69, 9.17) is 0 Å². The molecule has 0 fully saturated rings. The van der Waals surface area contributed by atoms with Gasteiger partial charge >= 0.3 is 0 Å². The van der Waals surface area contributed by atoms with Crippen LogP contribution < -0.4 is 5.32 Å². The quantitative estimate of drug-likeness (QED) is 0.749. The van der Waals surface area contributed by atoms with E-state index in [0.717, 1.165) is 28.9 Å². The van der Waals surface area contributed by atoms with Gasteiger partial charge in [0.2, 0.25) is 0 Å². The Hall–Kier alpha value is -1.72. The summed E-state index contributed by atoms with van der Waals surface area (Å²) >= 11 is 1.70. The molecule has 2 N–H and O–H groups in total. The molecule has 0 spiro atoms. The van der Waals surface area contributed by atoms with Crippen molar-refractivity contribution in [3.8, 4) is 0 Å². The second-order valence-electron chi connectivity index (χ2n) is 4.50. The molecule has 3 aromatic rings. The number of nitrogens with one attached hydrogen (secondary N) is 2. The van der Waals surface area contributed by atoms with Gasteiger partial charge in [0.1, 0.15) is 5.01 Å². The van der Waals surface area contributed by atoms with Crippen molar-refractivity contribution < 1.29 is 0 Å². The van der Waals surface area contributed by atoms with Crippen LogP contribution in [0.25, 0.3) is 10.9 Å². The zero-order chi connectivity index (χ0) is 13.1. The second kappa shape index (κ2) is 5.50. The van der Waals surface area contributed by atoms with E-state index in [9.17, 15) is 0 Å². The summed E-state index contributed by atoms with van der Waals surface area (Å²) in [6, 6.07) is 6.71. The number of hydrogen-bond acceptors (Lipinski definition) is 4. The van der Waals surface area contributed by atoms with Crippen LogP contribution in [-0.2, 0) is 6.54 Å². The highest BCUT2D eigenvalue weighted by atomic mass is 32.1. The van der Waals surface area contributed by atoms with Crippen molar-refractivity contribution in [3.63, 3.8) is 0 Å². The smallest absolute Gasteiger partial charge is 0.109 e. The van der Waals surface area contributed by atoms with Crippen LogP contribution in [0.1, 0.15) is 30.0 Å². The van der Waals surface area contributed by atoms with Gasteiger partial charge in [0.15, 0.2) is 0 Å². The van der Waals surface area contributed by atoms with E-state index in [0.29, 0.717) is 6.04 Å². The first-order chi connectivity index (χ1) is 9.36. The van der Waals surface area contributed by atoms with Gasteiger partial charge in [-0.3, -0.25) is 5.10 Å². The summed E-state index contributed by atoms with van der Waals surface area (Å²) in [6.07, 6.45) is 4.75. The van der Waals surface area contributed by atoms with Crippen LogP contribution >= 0.6 is 11.3 Å². The Morgan fingerprint density at radius 2 is 2.37 bits per heavy atom. The summed E-state index contributed by atoms with van der Waals surface area (Å²) in [5.41, 5.74) is 2.34. The molecule has 1 unspecified atom stereocenters. The Morgan fingerprint density at radius 1 is 1.42 bits per heavy atom. The Morgan fingerprint density at radius 3 is 3.16 bits per heavy atom.